The van der Waals surface area contributed by atoms with Crippen LogP contribution in [0.5, 0.6) is 0 Å². The maximum atomic E-state index is 5.75. The van der Waals surface area contributed by atoms with Crippen LogP contribution in [0, 0.1) is 0 Å². The fourth-order valence-corrected chi connectivity index (χ4v) is 2.05. The lowest BCUT2D eigenvalue weighted by molar-refractivity contribution is 1.23. The number of fused-ring (bicyclic) bond motifs is 1. The van der Waals surface area contributed by atoms with E-state index in [0.29, 0.717) is 5.88 Å². The number of hydrogen-bond acceptors (Lipinski definition) is 1. The summed E-state index contributed by atoms with van der Waals surface area (Å²) in [6.45, 7) is 0. The minimum absolute atomic E-state index is 0.459. The van der Waals surface area contributed by atoms with Crippen LogP contribution in [0.1, 0.15) is 5.69 Å². The number of aromatic amines is 1. The molecular formula is C14H11ClN2. The van der Waals surface area contributed by atoms with Crippen molar-refractivity contribution >= 4 is 22.4 Å². The van der Waals surface area contributed by atoms with Crippen LogP contribution in [-0.4, -0.2) is 9.97 Å². The first-order valence-electron chi connectivity index (χ1n) is 5.46. The predicted octanol–water partition coefficient (Wildman–Crippen LogP) is 3.97. The molecule has 1 aromatic heterocycles. The Morgan fingerprint density at radius 2 is 1.88 bits per heavy atom. The fraction of sp³-hybridized carbons (Fsp3) is 0.0714. The van der Waals surface area contributed by atoms with Gasteiger partial charge in [0.1, 0.15) is 5.82 Å². The Morgan fingerprint density at radius 3 is 2.65 bits per heavy atom. The fourth-order valence-electron chi connectivity index (χ4n) is 1.91. The van der Waals surface area contributed by atoms with E-state index in [1.54, 1.807) is 6.20 Å². The smallest absolute Gasteiger partial charge is 0.137 e. The molecule has 0 radical (unpaired) electrons. The Labute approximate surface area is 104 Å². The highest BCUT2D eigenvalue weighted by atomic mass is 35.5. The van der Waals surface area contributed by atoms with E-state index in [1.807, 2.05) is 12.1 Å². The first-order valence-corrected chi connectivity index (χ1v) is 5.99. The molecule has 2 aromatic carbocycles. The molecule has 0 saturated carbocycles. The van der Waals surface area contributed by atoms with Crippen LogP contribution in [0.2, 0.25) is 0 Å². The Morgan fingerprint density at radius 1 is 1.06 bits per heavy atom. The van der Waals surface area contributed by atoms with Crippen molar-refractivity contribution in [2.24, 2.45) is 0 Å². The lowest BCUT2D eigenvalue weighted by atomic mass is 10.1. The predicted molar refractivity (Wildman–Crippen MR) is 71.1 cm³/mol. The lowest BCUT2D eigenvalue weighted by Gasteiger charge is -2.00. The third-order valence-corrected chi connectivity index (χ3v) is 3.08. The molecule has 1 heterocycles. The summed E-state index contributed by atoms with van der Waals surface area (Å²) in [6.07, 6.45) is 1.78. The summed E-state index contributed by atoms with van der Waals surface area (Å²) in [4.78, 5) is 7.52. The lowest BCUT2D eigenvalue weighted by Crippen LogP contribution is -1.82. The maximum absolute atomic E-state index is 5.75. The molecule has 3 heteroatoms. The van der Waals surface area contributed by atoms with Crippen molar-refractivity contribution in [3.05, 3.63) is 54.4 Å². The Balaban J connectivity index is 2.11. The normalized spacial score (nSPS) is 10.9. The maximum Gasteiger partial charge on any atom is 0.137 e. The van der Waals surface area contributed by atoms with Crippen molar-refractivity contribution in [2.75, 3.05) is 0 Å². The molecule has 17 heavy (non-hydrogen) atoms. The van der Waals surface area contributed by atoms with Gasteiger partial charge in [-0.3, -0.25) is 0 Å². The number of hydrogen-bond donors (Lipinski definition) is 1. The third kappa shape index (κ3) is 1.92. The average molecular weight is 243 g/mol. The number of nitrogens with one attached hydrogen (secondary N) is 1. The molecule has 1 N–H and O–H groups in total. The second-order valence-corrected chi connectivity index (χ2v) is 4.22. The number of rotatable bonds is 2. The molecule has 0 bridgehead atoms. The van der Waals surface area contributed by atoms with Gasteiger partial charge in [0.15, 0.2) is 0 Å². The third-order valence-electron chi connectivity index (χ3n) is 2.80. The molecule has 0 aliphatic rings. The van der Waals surface area contributed by atoms with Crippen LogP contribution in [-0.2, 0) is 5.88 Å². The first kappa shape index (κ1) is 10.4. The van der Waals surface area contributed by atoms with Crippen LogP contribution in [0.25, 0.3) is 22.2 Å². The second-order valence-electron chi connectivity index (χ2n) is 3.95. The number of halogens is 1. The molecule has 0 aliphatic heterocycles. The highest BCUT2D eigenvalue weighted by molar-refractivity contribution is 6.16. The molecule has 0 atom stereocenters. The summed E-state index contributed by atoms with van der Waals surface area (Å²) in [5, 5.41) is 2.45. The van der Waals surface area contributed by atoms with Crippen molar-refractivity contribution in [1.29, 1.82) is 0 Å². The Hall–Kier alpha value is -1.80. The highest BCUT2D eigenvalue weighted by Crippen LogP contribution is 2.22. The van der Waals surface area contributed by atoms with Gasteiger partial charge in [-0.05, 0) is 16.8 Å². The van der Waals surface area contributed by atoms with Gasteiger partial charge in [-0.15, -0.1) is 11.6 Å². The first-order chi connectivity index (χ1) is 8.36. The van der Waals surface area contributed by atoms with Gasteiger partial charge in [0.05, 0.1) is 5.88 Å². The van der Waals surface area contributed by atoms with Crippen LogP contribution in [0.3, 0.4) is 0 Å². The zero-order valence-electron chi connectivity index (χ0n) is 9.15. The van der Waals surface area contributed by atoms with E-state index in [1.165, 1.54) is 10.8 Å². The summed E-state index contributed by atoms with van der Waals surface area (Å²) < 4.78 is 0. The van der Waals surface area contributed by atoms with Crippen molar-refractivity contribution in [2.45, 2.75) is 5.88 Å². The van der Waals surface area contributed by atoms with Crippen LogP contribution in [0.15, 0.2) is 48.7 Å². The standard InChI is InChI=1S/C14H11ClN2/c15-8-13-9-16-14(17-13)12-6-5-10-3-1-2-4-11(10)7-12/h1-7,9H,8H2,(H,16,17). The summed E-state index contributed by atoms with van der Waals surface area (Å²) in [6, 6.07) is 14.6. The molecule has 3 rings (SSSR count). The van der Waals surface area contributed by atoms with Gasteiger partial charge < -0.3 is 4.98 Å². The van der Waals surface area contributed by atoms with Gasteiger partial charge in [0, 0.05) is 17.5 Å². The van der Waals surface area contributed by atoms with Crippen molar-refractivity contribution in [3.8, 4) is 11.4 Å². The van der Waals surface area contributed by atoms with Crippen molar-refractivity contribution < 1.29 is 0 Å². The molecule has 84 valence electrons. The van der Waals surface area contributed by atoms with Crippen LogP contribution >= 0.6 is 11.6 Å². The van der Waals surface area contributed by atoms with Crippen molar-refractivity contribution in [1.82, 2.24) is 9.97 Å². The second kappa shape index (κ2) is 4.22. The monoisotopic (exact) mass is 242 g/mol. The van der Waals surface area contributed by atoms with E-state index in [0.717, 1.165) is 17.1 Å². The quantitative estimate of drug-likeness (QED) is 0.677. The van der Waals surface area contributed by atoms with E-state index in [-0.39, 0.29) is 0 Å². The summed E-state index contributed by atoms with van der Waals surface area (Å²) in [5.74, 6) is 1.33. The summed E-state index contributed by atoms with van der Waals surface area (Å²) in [5.41, 5.74) is 2.02. The van der Waals surface area contributed by atoms with Gasteiger partial charge in [0.25, 0.3) is 0 Å². The highest BCUT2D eigenvalue weighted by Gasteiger charge is 2.03. The van der Waals surface area contributed by atoms with Crippen LogP contribution in [0.4, 0.5) is 0 Å². The molecule has 0 fully saturated rings. The number of imidazole rings is 1. The van der Waals surface area contributed by atoms with Gasteiger partial charge in [-0.1, -0.05) is 36.4 Å². The van der Waals surface area contributed by atoms with E-state index >= 15 is 0 Å². The zero-order chi connectivity index (χ0) is 11.7. The molecule has 3 aromatic rings. The molecule has 0 saturated heterocycles. The number of H-pyrrole nitrogens is 1. The number of alkyl halides is 1. The number of benzene rings is 2. The van der Waals surface area contributed by atoms with Gasteiger partial charge >= 0.3 is 0 Å². The van der Waals surface area contributed by atoms with Crippen LogP contribution < -0.4 is 0 Å². The Bertz CT molecular complexity index is 658. The van der Waals surface area contributed by atoms with Gasteiger partial charge in [-0.2, -0.15) is 0 Å². The molecule has 0 amide bonds. The number of nitrogens with zero attached hydrogens (tertiary/aromatic N) is 1. The molecule has 0 spiro atoms. The summed E-state index contributed by atoms with van der Waals surface area (Å²) >= 11 is 5.75. The largest absolute Gasteiger partial charge is 0.341 e. The van der Waals surface area contributed by atoms with E-state index in [9.17, 15) is 0 Å². The molecule has 0 aliphatic carbocycles. The summed E-state index contributed by atoms with van der Waals surface area (Å²) in [7, 11) is 0. The van der Waals surface area contributed by atoms with E-state index in [4.69, 9.17) is 11.6 Å². The average Bonchev–Trinajstić information content (AvgIpc) is 2.87. The molecular weight excluding hydrogens is 232 g/mol. The Kier molecular flexibility index (Phi) is 2.57. The zero-order valence-corrected chi connectivity index (χ0v) is 9.91. The molecule has 2 nitrogen and oxygen atoms in total. The topological polar surface area (TPSA) is 28.7 Å². The minimum Gasteiger partial charge on any atom is -0.341 e. The minimum atomic E-state index is 0.459. The van der Waals surface area contributed by atoms with Gasteiger partial charge in [0.2, 0.25) is 0 Å². The van der Waals surface area contributed by atoms with E-state index in [2.05, 4.69) is 40.3 Å². The SMILES string of the molecule is ClCc1cnc(-c2ccc3ccccc3c2)[nH]1. The van der Waals surface area contributed by atoms with Crippen molar-refractivity contribution in [3.63, 3.8) is 0 Å². The van der Waals surface area contributed by atoms with E-state index < -0.39 is 0 Å². The van der Waals surface area contributed by atoms with Gasteiger partial charge in [-0.25, -0.2) is 4.98 Å². The molecule has 0 unspecified atom stereocenters. The number of aromatic nitrogens is 2.